The van der Waals surface area contributed by atoms with Crippen LogP contribution in [0.25, 0.3) is 0 Å². The van der Waals surface area contributed by atoms with Gasteiger partial charge in [-0.15, -0.1) is 0 Å². The monoisotopic (exact) mass is 234 g/mol. The lowest BCUT2D eigenvalue weighted by Gasteiger charge is -2.37. The summed E-state index contributed by atoms with van der Waals surface area (Å²) in [6.45, 7) is 4.44. The molecule has 2 unspecified atom stereocenters. The van der Waals surface area contributed by atoms with Gasteiger partial charge in [0.2, 0.25) is 0 Å². The summed E-state index contributed by atoms with van der Waals surface area (Å²) in [6.07, 6.45) is 9.05. The van der Waals surface area contributed by atoms with Crippen molar-refractivity contribution in [2.45, 2.75) is 57.3 Å². The molecule has 2 saturated heterocycles. The molecule has 0 aliphatic carbocycles. The fraction of sp³-hybridized carbons (Fsp3) is 0.714. The first-order valence-corrected chi connectivity index (χ1v) is 6.86. The van der Waals surface area contributed by atoms with E-state index in [0.29, 0.717) is 0 Å². The Labute approximate surface area is 103 Å². The van der Waals surface area contributed by atoms with E-state index in [4.69, 9.17) is 4.42 Å². The predicted octanol–water partition coefficient (Wildman–Crippen LogP) is 2.38. The normalized spacial score (nSPS) is 32.2. The highest BCUT2D eigenvalue weighted by Gasteiger charge is 2.35. The summed E-state index contributed by atoms with van der Waals surface area (Å²) in [5, 5.41) is 3.71. The zero-order valence-electron chi connectivity index (χ0n) is 10.6. The van der Waals surface area contributed by atoms with Gasteiger partial charge >= 0.3 is 0 Å². The van der Waals surface area contributed by atoms with Gasteiger partial charge in [0.05, 0.1) is 12.5 Å². The molecule has 0 radical (unpaired) electrons. The molecule has 1 aromatic heterocycles. The van der Waals surface area contributed by atoms with Gasteiger partial charge in [0.15, 0.2) is 0 Å². The molecule has 2 aliphatic rings. The molecule has 2 bridgehead atoms. The summed E-state index contributed by atoms with van der Waals surface area (Å²) in [4.78, 5) is 2.61. The number of fused-ring (bicyclic) bond motifs is 2. The molecule has 3 heterocycles. The van der Waals surface area contributed by atoms with Gasteiger partial charge in [-0.25, -0.2) is 0 Å². The highest BCUT2D eigenvalue weighted by molar-refractivity contribution is 5.06. The van der Waals surface area contributed by atoms with Crippen molar-refractivity contribution in [2.24, 2.45) is 0 Å². The second kappa shape index (κ2) is 4.83. The Hall–Kier alpha value is -0.800. The second-order valence-corrected chi connectivity index (χ2v) is 5.46. The van der Waals surface area contributed by atoms with Gasteiger partial charge in [-0.2, -0.15) is 0 Å². The summed E-state index contributed by atoms with van der Waals surface area (Å²) in [5.41, 5.74) is 1.30. The molecule has 3 nitrogen and oxygen atoms in total. The van der Waals surface area contributed by atoms with Gasteiger partial charge in [-0.1, -0.05) is 6.92 Å². The highest BCUT2D eigenvalue weighted by Crippen LogP contribution is 2.30. The number of furan rings is 1. The van der Waals surface area contributed by atoms with E-state index in [9.17, 15) is 0 Å². The molecule has 0 amide bonds. The molecule has 0 spiro atoms. The summed E-state index contributed by atoms with van der Waals surface area (Å²) >= 11 is 0. The van der Waals surface area contributed by atoms with Gasteiger partial charge in [0, 0.05) is 30.2 Å². The minimum atomic E-state index is 0.758. The second-order valence-electron chi connectivity index (χ2n) is 5.46. The van der Waals surface area contributed by atoms with Crippen LogP contribution in [0.2, 0.25) is 0 Å². The van der Waals surface area contributed by atoms with E-state index in [-0.39, 0.29) is 0 Å². The van der Waals surface area contributed by atoms with E-state index in [1.807, 2.05) is 6.26 Å². The number of nitrogens with zero attached hydrogens (tertiary/aromatic N) is 1. The highest BCUT2D eigenvalue weighted by atomic mass is 16.3. The zero-order valence-corrected chi connectivity index (χ0v) is 10.6. The molecule has 3 heteroatoms. The van der Waals surface area contributed by atoms with Crippen molar-refractivity contribution in [2.75, 3.05) is 6.54 Å². The van der Waals surface area contributed by atoms with Crippen molar-refractivity contribution in [3.8, 4) is 0 Å². The standard InChI is InChI=1S/C14H22N2O/c1-2-16(9-11-5-6-17-10-11)14-7-12-3-4-13(8-14)15-12/h5-6,10,12-15H,2-4,7-9H2,1H3. The fourth-order valence-electron chi connectivity index (χ4n) is 3.44. The Morgan fingerprint density at radius 1 is 1.35 bits per heavy atom. The number of rotatable bonds is 4. The first-order chi connectivity index (χ1) is 8.35. The first kappa shape index (κ1) is 11.3. The van der Waals surface area contributed by atoms with E-state index in [1.165, 1.54) is 31.2 Å². The summed E-state index contributed by atoms with van der Waals surface area (Å²) in [7, 11) is 0. The van der Waals surface area contributed by atoms with Crippen LogP contribution in [0.15, 0.2) is 23.0 Å². The number of hydrogen-bond acceptors (Lipinski definition) is 3. The molecule has 2 fully saturated rings. The van der Waals surface area contributed by atoms with Crippen LogP contribution >= 0.6 is 0 Å². The molecular weight excluding hydrogens is 212 g/mol. The van der Waals surface area contributed by atoms with Gasteiger partial charge in [-0.3, -0.25) is 4.90 Å². The van der Waals surface area contributed by atoms with Crippen LogP contribution in [0.1, 0.15) is 38.2 Å². The Balaban J connectivity index is 1.64. The molecule has 2 atom stereocenters. The molecule has 94 valence electrons. The van der Waals surface area contributed by atoms with E-state index in [2.05, 4.69) is 23.2 Å². The van der Waals surface area contributed by atoms with Gasteiger partial charge in [-0.05, 0) is 38.3 Å². The van der Waals surface area contributed by atoms with Gasteiger partial charge < -0.3 is 9.73 Å². The van der Waals surface area contributed by atoms with Crippen LogP contribution in [0, 0.1) is 0 Å². The average molecular weight is 234 g/mol. The van der Waals surface area contributed by atoms with Crippen molar-refractivity contribution in [3.63, 3.8) is 0 Å². The molecule has 1 N–H and O–H groups in total. The third-order valence-corrected chi connectivity index (χ3v) is 4.34. The Morgan fingerprint density at radius 2 is 2.12 bits per heavy atom. The largest absolute Gasteiger partial charge is 0.472 e. The van der Waals surface area contributed by atoms with Gasteiger partial charge in [0.1, 0.15) is 0 Å². The van der Waals surface area contributed by atoms with Crippen molar-refractivity contribution < 1.29 is 4.42 Å². The van der Waals surface area contributed by atoms with E-state index >= 15 is 0 Å². The molecule has 0 saturated carbocycles. The smallest absolute Gasteiger partial charge is 0.0947 e. The molecular formula is C14H22N2O. The quantitative estimate of drug-likeness (QED) is 0.867. The SMILES string of the molecule is CCN(Cc1ccoc1)C1CC2CCC(C1)N2. The van der Waals surface area contributed by atoms with Gasteiger partial charge in [0.25, 0.3) is 0 Å². The van der Waals surface area contributed by atoms with Crippen molar-refractivity contribution in [1.82, 2.24) is 10.2 Å². The van der Waals surface area contributed by atoms with Crippen LogP contribution in [-0.2, 0) is 6.54 Å². The Morgan fingerprint density at radius 3 is 2.71 bits per heavy atom. The third kappa shape index (κ3) is 2.40. The maximum atomic E-state index is 5.16. The maximum absolute atomic E-state index is 5.16. The van der Waals surface area contributed by atoms with E-state index < -0.39 is 0 Å². The fourth-order valence-corrected chi connectivity index (χ4v) is 3.44. The Bertz CT molecular complexity index is 337. The van der Waals surface area contributed by atoms with Crippen molar-refractivity contribution in [3.05, 3.63) is 24.2 Å². The number of hydrogen-bond donors (Lipinski definition) is 1. The minimum absolute atomic E-state index is 0.758. The first-order valence-electron chi connectivity index (χ1n) is 6.86. The lowest BCUT2D eigenvalue weighted by atomic mass is 9.98. The third-order valence-electron chi connectivity index (χ3n) is 4.34. The lowest BCUT2D eigenvalue weighted by Crippen LogP contribution is -2.47. The summed E-state index contributed by atoms with van der Waals surface area (Å²) in [6, 6.07) is 4.39. The van der Waals surface area contributed by atoms with Crippen molar-refractivity contribution >= 4 is 0 Å². The zero-order chi connectivity index (χ0) is 11.7. The summed E-state index contributed by atoms with van der Waals surface area (Å²) < 4.78 is 5.16. The molecule has 1 aromatic rings. The molecule has 0 aromatic carbocycles. The van der Waals surface area contributed by atoms with Crippen molar-refractivity contribution in [1.29, 1.82) is 0 Å². The summed E-state index contributed by atoms with van der Waals surface area (Å²) in [5.74, 6) is 0. The van der Waals surface area contributed by atoms with Crippen LogP contribution in [-0.4, -0.2) is 29.6 Å². The van der Waals surface area contributed by atoms with Crippen LogP contribution in [0.3, 0.4) is 0 Å². The van der Waals surface area contributed by atoms with E-state index in [0.717, 1.165) is 31.2 Å². The van der Waals surface area contributed by atoms with E-state index in [1.54, 1.807) is 6.26 Å². The topological polar surface area (TPSA) is 28.4 Å². The molecule has 2 aliphatic heterocycles. The molecule has 3 rings (SSSR count). The predicted molar refractivity (Wildman–Crippen MR) is 67.8 cm³/mol. The molecule has 17 heavy (non-hydrogen) atoms. The van der Waals surface area contributed by atoms with Crippen LogP contribution in [0.5, 0.6) is 0 Å². The number of piperidine rings is 1. The average Bonchev–Trinajstić information content (AvgIpc) is 2.96. The Kier molecular flexibility index (Phi) is 3.21. The minimum Gasteiger partial charge on any atom is -0.472 e. The van der Waals surface area contributed by atoms with Crippen LogP contribution in [0.4, 0.5) is 0 Å². The van der Waals surface area contributed by atoms with Crippen LogP contribution < -0.4 is 5.32 Å². The lowest BCUT2D eigenvalue weighted by molar-refractivity contribution is 0.140. The maximum Gasteiger partial charge on any atom is 0.0947 e. The number of nitrogens with one attached hydrogen (secondary N) is 1.